The number of nitrogens with one attached hydrogen (secondary N) is 1. The Kier molecular flexibility index (Phi) is 12.5. The van der Waals surface area contributed by atoms with Gasteiger partial charge in [0.2, 0.25) is 0 Å². The quantitative estimate of drug-likeness (QED) is 0.351. The molecule has 8 heteroatoms. The maximum Gasteiger partial charge on any atom is 0.333 e. The fourth-order valence-electron chi connectivity index (χ4n) is 3.19. The molecule has 0 heterocycles. The number of carbonyl (C=O) groups is 2. The van der Waals surface area contributed by atoms with E-state index >= 15 is 0 Å². The number of ether oxygens (including phenoxy) is 3. The molecular formula is C26H36N2O6. The van der Waals surface area contributed by atoms with Crippen LogP contribution in [0.5, 0.6) is 5.75 Å². The Morgan fingerprint density at radius 3 is 2.32 bits per heavy atom. The average Bonchev–Trinajstić information content (AvgIpc) is 2.84. The van der Waals surface area contributed by atoms with Crippen molar-refractivity contribution in [3.05, 3.63) is 60.2 Å². The van der Waals surface area contributed by atoms with Crippen LogP contribution in [0.15, 0.2) is 54.6 Å². The second-order valence-corrected chi connectivity index (χ2v) is 7.73. The topological polar surface area (TPSA) is 97.3 Å². The van der Waals surface area contributed by atoms with Crippen LogP contribution in [0.1, 0.15) is 32.3 Å². The fourth-order valence-corrected chi connectivity index (χ4v) is 3.19. The van der Waals surface area contributed by atoms with Crippen molar-refractivity contribution in [3.8, 4) is 5.75 Å². The molecule has 0 saturated carbocycles. The van der Waals surface area contributed by atoms with E-state index in [4.69, 9.17) is 14.2 Å². The van der Waals surface area contributed by atoms with Crippen molar-refractivity contribution in [1.29, 1.82) is 0 Å². The molecule has 2 aromatic rings. The SMILES string of the molecule is CCCCOCCN(CCOc1ccc(CC(OCC)C(=O)O)cc1)C(=O)Nc1ccccc1. The number of carboxylic acids is 1. The molecule has 1 atom stereocenters. The van der Waals surface area contributed by atoms with Gasteiger partial charge in [-0.15, -0.1) is 0 Å². The van der Waals surface area contributed by atoms with E-state index in [1.165, 1.54) is 0 Å². The number of carboxylic acid groups (broad SMARTS) is 1. The molecule has 0 aliphatic rings. The molecule has 2 N–H and O–H groups in total. The summed E-state index contributed by atoms with van der Waals surface area (Å²) in [5.41, 5.74) is 1.58. The number of carbonyl (C=O) groups excluding carboxylic acids is 1. The first-order valence-electron chi connectivity index (χ1n) is 11.8. The van der Waals surface area contributed by atoms with E-state index in [0.29, 0.717) is 45.3 Å². The lowest BCUT2D eigenvalue weighted by atomic mass is 10.1. The Morgan fingerprint density at radius 1 is 0.971 bits per heavy atom. The van der Waals surface area contributed by atoms with E-state index < -0.39 is 12.1 Å². The standard InChI is InChI=1S/C26H36N2O6/c1-3-5-17-32-18-15-28(26(31)27-22-9-7-6-8-10-22)16-19-34-23-13-11-21(12-14-23)20-24(25(29)30)33-4-2/h6-14,24H,3-5,15-20H2,1-2H3,(H,27,31)(H,29,30). The zero-order chi connectivity index (χ0) is 24.6. The highest BCUT2D eigenvalue weighted by molar-refractivity contribution is 5.89. The van der Waals surface area contributed by atoms with Gasteiger partial charge < -0.3 is 29.5 Å². The van der Waals surface area contributed by atoms with Crippen LogP contribution in [-0.4, -0.2) is 67.6 Å². The van der Waals surface area contributed by atoms with Crippen LogP contribution >= 0.6 is 0 Å². The van der Waals surface area contributed by atoms with Gasteiger partial charge in [-0.3, -0.25) is 0 Å². The number of unbranched alkanes of at least 4 members (excludes halogenated alkanes) is 1. The van der Waals surface area contributed by atoms with Crippen LogP contribution in [0.3, 0.4) is 0 Å². The molecule has 0 bridgehead atoms. The number of hydrogen-bond donors (Lipinski definition) is 2. The lowest BCUT2D eigenvalue weighted by Gasteiger charge is -2.23. The largest absolute Gasteiger partial charge is 0.492 e. The number of hydrogen-bond acceptors (Lipinski definition) is 5. The Bertz CT molecular complexity index is 844. The summed E-state index contributed by atoms with van der Waals surface area (Å²) in [6, 6.07) is 16.3. The third-order valence-electron chi connectivity index (χ3n) is 5.08. The highest BCUT2D eigenvalue weighted by atomic mass is 16.5. The normalized spacial score (nSPS) is 11.6. The first kappa shape index (κ1) is 27.1. The maximum absolute atomic E-state index is 12.8. The van der Waals surface area contributed by atoms with Crippen LogP contribution in [-0.2, 0) is 20.7 Å². The number of benzene rings is 2. The second kappa shape index (κ2) is 15.7. The number of rotatable bonds is 16. The molecule has 0 aromatic heterocycles. The zero-order valence-corrected chi connectivity index (χ0v) is 20.1. The van der Waals surface area contributed by atoms with Crippen molar-refractivity contribution in [1.82, 2.24) is 4.90 Å². The Balaban J connectivity index is 1.87. The summed E-state index contributed by atoms with van der Waals surface area (Å²) in [7, 11) is 0. The molecule has 0 aliphatic heterocycles. The monoisotopic (exact) mass is 472 g/mol. The Hall–Kier alpha value is -3.10. The second-order valence-electron chi connectivity index (χ2n) is 7.73. The van der Waals surface area contributed by atoms with Gasteiger partial charge in [0.25, 0.3) is 0 Å². The number of aliphatic carboxylic acids is 1. The molecule has 0 saturated heterocycles. The number of amides is 2. The molecule has 1 unspecified atom stereocenters. The molecular weight excluding hydrogens is 436 g/mol. The molecule has 0 fully saturated rings. The third kappa shape index (κ3) is 10.2. The van der Waals surface area contributed by atoms with Gasteiger partial charge in [-0.2, -0.15) is 0 Å². The summed E-state index contributed by atoms with van der Waals surface area (Å²) in [6.45, 7) is 6.52. The molecule has 0 spiro atoms. The summed E-state index contributed by atoms with van der Waals surface area (Å²) in [6.07, 6.45) is 1.48. The van der Waals surface area contributed by atoms with E-state index in [9.17, 15) is 14.7 Å². The van der Waals surface area contributed by atoms with Gasteiger partial charge in [0.05, 0.1) is 13.2 Å². The number of para-hydroxylation sites is 1. The first-order chi connectivity index (χ1) is 16.5. The molecule has 2 amide bonds. The summed E-state index contributed by atoms with van der Waals surface area (Å²) in [4.78, 5) is 25.7. The van der Waals surface area contributed by atoms with Gasteiger partial charge in [0.15, 0.2) is 6.10 Å². The van der Waals surface area contributed by atoms with Crippen molar-refractivity contribution in [2.24, 2.45) is 0 Å². The van der Waals surface area contributed by atoms with E-state index in [0.717, 1.165) is 24.1 Å². The predicted molar refractivity (Wildman–Crippen MR) is 131 cm³/mol. The highest BCUT2D eigenvalue weighted by Gasteiger charge is 2.18. The van der Waals surface area contributed by atoms with Gasteiger partial charge in [0.1, 0.15) is 12.4 Å². The van der Waals surface area contributed by atoms with Gasteiger partial charge in [-0.25, -0.2) is 9.59 Å². The third-order valence-corrected chi connectivity index (χ3v) is 5.08. The minimum absolute atomic E-state index is 0.208. The van der Waals surface area contributed by atoms with Crippen LogP contribution < -0.4 is 10.1 Å². The van der Waals surface area contributed by atoms with Crippen LogP contribution in [0, 0.1) is 0 Å². The van der Waals surface area contributed by atoms with Gasteiger partial charge >= 0.3 is 12.0 Å². The van der Waals surface area contributed by atoms with Crippen molar-refractivity contribution in [2.45, 2.75) is 39.2 Å². The van der Waals surface area contributed by atoms with E-state index in [2.05, 4.69) is 12.2 Å². The van der Waals surface area contributed by atoms with Crippen molar-refractivity contribution in [3.63, 3.8) is 0 Å². The fraction of sp³-hybridized carbons (Fsp3) is 0.462. The lowest BCUT2D eigenvalue weighted by Crippen LogP contribution is -2.40. The van der Waals surface area contributed by atoms with Crippen molar-refractivity contribution in [2.75, 3.05) is 44.8 Å². The number of urea groups is 1. The van der Waals surface area contributed by atoms with Crippen molar-refractivity contribution < 1.29 is 28.9 Å². The Morgan fingerprint density at radius 2 is 1.68 bits per heavy atom. The molecule has 2 aromatic carbocycles. The summed E-state index contributed by atoms with van der Waals surface area (Å²) in [5, 5.41) is 12.1. The van der Waals surface area contributed by atoms with E-state index in [1.54, 1.807) is 24.0 Å². The minimum Gasteiger partial charge on any atom is -0.492 e. The van der Waals surface area contributed by atoms with Crippen LogP contribution in [0.25, 0.3) is 0 Å². The van der Waals surface area contributed by atoms with Gasteiger partial charge in [-0.05, 0) is 43.2 Å². The molecule has 0 radical (unpaired) electrons. The van der Waals surface area contributed by atoms with Crippen LogP contribution in [0.4, 0.5) is 10.5 Å². The van der Waals surface area contributed by atoms with E-state index in [-0.39, 0.29) is 12.5 Å². The molecule has 8 nitrogen and oxygen atoms in total. The smallest absolute Gasteiger partial charge is 0.333 e. The molecule has 34 heavy (non-hydrogen) atoms. The number of nitrogens with zero attached hydrogens (tertiary/aromatic N) is 1. The average molecular weight is 473 g/mol. The summed E-state index contributed by atoms with van der Waals surface area (Å²) < 4.78 is 16.7. The van der Waals surface area contributed by atoms with Crippen molar-refractivity contribution >= 4 is 17.7 Å². The van der Waals surface area contributed by atoms with Gasteiger partial charge in [-0.1, -0.05) is 43.7 Å². The maximum atomic E-state index is 12.8. The van der Waals surface area contributed by atoms with Crippen LogP contribution in [0.2, 0.25) is 0 Å². The Labute approximate surface area is 201 Å². The minimum atomic E-state index is -0.977. The van der Waals surface area contributed by atoms with E-state index in [1.807, 2.05) is 42.5 Å². The number of anilines is 1. The molecule has 2 rings (SSSR count). The first-order valence-corrected chi connectivity index (χ1v) is 11.8. The molecule has 0 aliphatic carbocycles. The highest BCUT2D eigenvalue weighted by Crippen LogP contribution is 2.15. The lowest BCUT2D eigenvalue weighted by molar-refractivity contribution is -0.149. The predicted octanol–water partition coefficient (Wildman–Crippen LogP) is 4.45. The zero-order valence-electron chi connectivity index (χ0n) is 20.1. The summed E-state index contributed by atoms with van der Waals surface area (Å²) >= 11 is 0. The molecule has 186 valence electrons. The van der Waals surface area contributed by atoms with Gasteiger partial charge in [0, 0.05) is 31.9 Å². The summed E-state index contributed by atoms with van der Waals surface area (Å²) in [5.74, 6) is -0.329.